The summed E-state index contributed by atoms with van der Waals surface area (Å²) in [5.41, 5.74) is 15.9. The molecule has 0 saturated heterocycles. The Bertz CT molecular complexity index is 281. The molecule has 18 heavy (non-hydrogen) atoms. The molecule has 2 atom stereocenters. The fourth-order valence-electron chi connectivity index (χ4n) is 2.91. The Balaban J connectivity index is 0.000000362. The largest absolute Gasteiger partial charge is 4.00 e. The third kappa shape index (κ3) is 3.77. The van der Waals surface area contributed by atoms with Crippen molar-refractivity contribution in [2.45, 2.75) is 50.6 Å². The molecule has 2 rings (SSSR count). The molecular weight excluding hydrogens is 419 g/mol. The fraction of sp³-hybridized carbons (Fsp3) is 0.818. The average Bonchev–Trinajstić information content (AvgIpc) is 2.78. The molecule has 0 bridgehead atoms. The van der Waals surface area contributed by atoms with E-state index in [1.54, 1.807) is 0 Å². The van der Waals surface area contributed by atoms with Gasteiger partial charge in [-0.25, -0.2) is 0 Å². The van der Waals surface area contributed by atoms with E-state index < -0.39 is 11.9 Å². The van der Waals surface area contributed by atoms with E-state index in [0.717, 1.165) is 25.7 Å². The summed E-state index contributed by atoms with van der Waals surface area (Å²) in [4.78, 5) is 17.9. The summed E-state index contributed by atoms with van der Waals surface area (Å²) in [6, 6.07) is 0.181. The molecule has 0 aromatic carbocycles. The summed E-state index contributed by atoms with van der Waals surface area (Å²) in [6.07, 6.45) is 6.82. The molecule has 0 unspecified atom stereocenters. The minimum Gasteiger partial charge on any atom is -0.674 e. The molecule has 104 valence electrons. The molecule has 2 N–H and O–H groups in total. The van der Waals surface area contributed by atoms with E-state index in [2.05, 4.69) is 0 Å². The van der Waals surface area contributed by atoms with Gasteiger partial charge in [0.2, 0.25) is 0 Å². The smallest absolute Gasteiger partial charge is 0.674 e. The van der Waals surface area contributed by atoms with Gasteiger partial charge in [-0.1, -0.05) is 43.9 Å². The van der Waals surface area contributed by atoms with Crippen LogP contribution in [0.3, 0.4) is 0 Å². The number of carboxylic acid groups (broad SMARTS) is 2. The Morgan fingerprint density at radius 3 is 1.44 bits per heavy atom. The van der Waals surface area contributed by atoms with Crippen molar-refractivity contribution < 1.29 is 40.9 Å². The van der Waals surface area contributed by atoms with Crippen LogP contribution in [0.1, 0.15) is 38.5 Å². The SMILES string of the molecule is O=C([O-])C(=O)[O-].[NH-][C@H]1CCCC12CCC[C@@H]2[NH-].[Pt+4]. The summed E-state index contributed by atoms with van der Waals surface area (Å²) in [5.74, 6) is -4.37. The van der Waals surface area contributed by atoms with Gasteiger partial charge in [-0.15, -0.1) is 12.1 Å². The van der Waals surface area contributed by atoms with Crippen molar-refractivity contribution in [2.24, 2.45) is 5.41 Å². The van der Waals surface area contributed by atoms with Crippen molar-refractivity contribution in [2.75, 3.05) is 0 Å². The molecule has 0 aromatic rings. The Kier molecular flexibility index (Phi) is 7.03. The third-order valence-corrected chi connectivity index (χ3v) is 3.82. The average molecular weight is 435 g/mol. The van der Waals surface area contributed by atoms with Gasteiger partial charge in [0.1, 0.15) is 0 Å². The van der Waals surface area contributed by atoms with Gasteiger partial charge in [0.15, 0.2) is 0 Å². The molecule has 1 spiro atoms. The van der Waals surface area contributed by atoms with Crippen molar-refractivity contribution in [3.63, 3.8) is 0 Å². The molecule has 2 fully saturated rings. The summed E-state index contributed by atoms with van der Waals surface area (Å²) in [5, 5.41) is 17.9. The predicted molar refractivity (Wildman–Crippen MR) is 56.4 cm³/mol. The maximum atomic E-state index is 8.93. The molecule has 7 heteroatoms. The maximum Gasteiger partial charge on any atom is 4.00 e. The molecule has 0 radical (unpaired) electrons. The van der Waals surface area contributed by atoms with Gasteiger partial charge in [-0.3, -0.25) is 0 Å². The second kappa shape index (κ2) is 7.21. The number of hydrogen-bond donors (Lipinski definition) is 0. The zero-order chi connectivity index (χ0) is 13.1. The van der Waals surface area contributed by atoms with Gasteiger partial charge >= 0.3 is 21.1 Å². The molecule has 6 nitrogen and oxygen atoms in total. The zero-order valence-corrected chi connectivity index (χ0v) is 12.1. The Morgan fingerprint density at radius 2 is 1.28 bits per heavy atom. The van der Waals surface area contributed by atoms with E-state index in [1.165, 1.54) is 12.8 Å². The minimum absolute atomic E-state index is 0. The van der Waals surface area contributed by atoms with Crippen molar-refractivity contribution in [3.05, 3.63) is 11.5 Å². The van der Waals surface area contributed by atoms with Gasteiger partial charge in [-0.2, -0.15) is 0 Å². The number of carboxylic acids is 2. The molecule has 2 aliphatic carbocycles. The van der Waals surface area contributed by atoms with Crippen molar-refractivity contribution >= 4 is 11.9 Å². The van der Waals surface area contributed by atoms with Crippen LogP contribution in [0.4, 0.5) is 0 Å². The first kappa shape index (κ1) is 17.5. The Morgan fingerprint density at radius 1 is 0.944 bits per heavy atom. The van der Waals surface area contributed by atoms with Crippen molar-refractivity contribution in [1.29, 1.82) is 0 Å². The van der Waals surface area contributed by atoms with Crippen LogP contribution in [0, 0.1) is 5.41 Å². The standard InChI is InChI=1S/C9H16N2.C2H2O4.Pt/c10-7-3-1-5-9(7)6-2-4-8(9)11;3-1(4)2(5)6;/h7-8,10-11H,1-6H2;(H,3,4)(H,5,6);/q-2;;+4/p-2/t7-,8-,9?;;/m0../s1. The van der Waals surface area contributed by atoms with Gasteiger partial charge in [0, 0.05) is 0 Å². The minimum atomic E-state index is -2.19. The summed E-state index contributed by atoms with van der Waals surface area (Å²) >= 11 is 0. The number of carbonyl (C=O) groups excluding carboxylic acids is 2. The van der Waals surface area contributed by atoms with Crippen LogP contribution in [-0.2, 0) is 30.7 Å². The maximum absolute atomic E-state index is 8.93. The Labute approximate surface area is 120 Å². The van der Waals surface area contributed by atoms with Crippen LogP contribution in [0.15, 0.2) is 0 Å². The molecule has 0 amide bonds. The summed E-state index contributed by atoms with van der Waals surface area (Å²) < 4.78 is 0. The van der Waals surface area contributed by atoms with E-state index in [1.807, 2.05) is 0 Å². The molecule has 0 aliphatic heterocycles. The quantitative estimate of drug-likeness (QED) is 0.483. The van der Waals surface area contributed by atoms with E-state index >= 15 is 0 Å². The monoisotopic (exact) mass is 435 g/mol. The second-order valence-electron chi connectivity index (χ2n) is 4.70. The van der Waals surface area contributed by atoms with E-state index in [9.17, 15) is 0 Å². The van der Waals surface area contributed by atoms with Crippen LogP contribution < -0.4 is 10.2 Å². The third-order valence-electron chi connectivity index (χ3n) is 3.82. The molecule has 2 aliphatic rings. The van der Waals surface area contributed by atoms with Crippen molar-refractivity contribution in [3.8, 4) is 0 Å². The van der Waals surface area contributed by atoms with Gasteiger partial charge in [0.05, 0.1) is 11.9 Å². The van der Waals surface area contributed by atoms with E-state index in [0.29, 0.717) is 0 Å². The van der Waals surface area contributed by atoms with Gasteiger partial charge in [0.25, 0.3) is 0 Å². The van der Waals surface area contributed by atoms with Crippen LogP contribution >= 0.6 is 0 Å². The predicted octanol–water partition coefficient (Wildman–Crippen LogP) is -0.334. The van der Waals surface area contributed by atoms with Crippen LogP contribution in [0.25, 0.3) is 11.5 Å². The van der Waals surface area contributed by atoms with Crippen molar-refractivity contribution in [1.82, 2.24) is 0 Å². The molecule has 2 saturated carbocycles. The molecular formula is C11H16N2O4Pt. The zero-order valence-electron chi connectivity index (χ0n) is 9.85. The normalized spacial score (nSPS) is 28.1. The number of hydrogen-bond acceptors (Lipinski definition) is 4. The van der Waals surface area contributed by atoms with E-state index in [4.69, 9.17) is 31.3 Å². The summed E-state index contributed by atoms with van der Waals surface area (Å²) in [7, 11) is 0. The van der Waals surface area contributed by atoms with Gasteiger partial charge in [-0.05, 0) is 0 Å². The molecule has 0 aromatic heterocycles. The number of aliphatic carboxylic acids is 2. The summed E-state index contributed by atoms with van der Waals surface area (Å²) in [6.45, 7) is 0. The number of rotatable bonds is 0. The fourth-order valence-corrected chi connectivity index (χ4v) is 2.91. The second-order valence-corrected chi connectivity index (χ2v) is 4.70. The first-order valence-electron chi connectivity index (χ1n) is 5.74. The van der Waals surface area contributed by atoms with E-state index in [-0.39, 0.29) is 38.6 Å². The number of nitrogens with one attached hydrogen (secondary N) is 2. The van der Waals surface area contributed by atoms with Crippen LogP contribution in [0.2, 0.25) is 0 Å². The van der Waals surface area contributed by atoms with Crippen LogP contribution in [0.5, 0.6) is 0 Å². The molecule has 0 heterocycles. The first-order chi connectivity index (χ1) is 7.90. The first-order valence-corrected chi connectivity index (χ1v) is 5.74. The van der Waals surface area contributed by atoms with Gasteiger partial charge < -0.3 is 31.3 Å². The number of carbonyl (C=O) groups is 2. The Hall–Kier alpha value is -0.452. The topological polar surface area (TPSA) is 128 Å². The van der Waals surface area contributed by atoms with Crippen LogP contribution in [-0.4, -0.2) is 24.0 Å².